The van der Waals surface area contributed by atoms with Gasteiger partial charge in [-0.1, -0.05) is 72.6 Å². The molecule has 0 amide bonds. The molecule has 0 aromatic heterocycles. The average Bonchev–Trinajstić information content (AvgIpc) is 2.59. The Balaban J connectivity index is 5.10. The highest BCUT2D eigenvalue weighted by molar-refractivity contribution is 5.75. The minimum absolute atomic E-state index is 0.589. The summed E-state index contributed by atoms with van der Waals surface area (Å²) < 4.78 is 0. The van der Waals surface area contributed by atoms with E-state index in [-0.39, 0.29) is 0 Å². The molecule has 25 heavy (non-hydrogen) atoms. The fraction of sp³-hybridized carbons (Fsp3) is 0.905. The van der Waals surface area contributed by atoms with E-state index in [2.05, 4.69) is 20.8 Å². The van der Waals surface area contributed by atoms with Crippen molar-refractivity contribution >= 4 is 11.9 Å². The van der Waals surface area contributed by atoms with Crippen LogP contribution in [0, 0.1) is 10.8 Å². The summed E-state index contributed by atoms with van der Waals surface area (Å²) in [4.78, 5) is 23.9. The third kappa shape index (κ3) is 7.37. The van der Waals surface area contributed by atoms with Crippen molar-refractivity contribution in [2.75, 3.05) is 0 Å². The van der Waals surface area contributed by atoms with Crippen molar-refractivity contribution in [3.05, 3.63) is 0 Å². The maximum absolute atomic E-state index is 12.0. The van der Waals surface area contributed by atoms with Gasteiger partial charge in [0.2, 0.25) is 0 Å². The molecule has 4 heteroatoms. The van der Waals surface area contributed by atoms with E-state index < -0.39 is 22.8 Å². The summed E-state index contributed by atoms with van der Waals surface area (Å²) in [6.45, 7) is 8.20. The number of unbranched alkanes of at least 4 members (excludes halogenated alkanes) is 3. The highest BCUT2D eigenvalue weighted by Crippen LogP contribution is 2.41. The van der Waals surface area contributed by atoms with Gasteiger partial charge in [-0.3, -0.25) is 9.59 Å². The summed E-state index contributed by atoms with van der Waals surface area (Å²) in [6.07, 6.45) is 10.3. The fourth-order valence-electron chi connectivity index (χ4n) is 3.85. The first-order valence-electron chi connectivity index (χ1n) is 10.3. The van der Waals surface area contributed by atoms with Crippen LogP contribution in [0.25, 0.3) is 0 Å². The summed E-state index contributed by atoms with van der Waals surface area (Å²) in [6, 6.07) is 0. The first-order valence-corrected chi connectivity index (χ1v) is 10.3. The van der Waals surface area contributed by atoms with Gasteiger partial charge in [0.25, 0.3) is 0 Å². The van der Waals surface area contributed by atoms with Crippen LogP contribution in [-0.2, 0) is 9.59 Å². The number of hydrogen-bond donors (Lipinski definition) is 2. The van der Waals surface area contributed by atoms with Gasteiger partial charge in [-0.15, -0.1) is 0 Å². The van der Waals surface area contributed by atoms with E-state index in [1.54, 1.807) is 0 Å². The Morgan fingerprint density at radius 3 is 1.24 bits per heavy atom. The number of hydrogen-bond acceptors (Lipinski definition) is 2. The Bertz CT molecular complexity index is 383. The zero-order chi connectivity index (χ0) is 19.3. The minimum atomic E-state index is -0.716. The Morgan fingerprint density at radius 1 is 0.600 bits per heavy atom. The van der Waals surface area contributed by atoms with E-state index in [0.717, 1.165) is 38.5 Å². The fourth-order valence-corrected chi connectivity index (χ4v) is 3.85. The monoisotopic (exact) mass is 356 g/mol. The summed E-state index contributed by atoms with van der Waals surface area (Å²) in [7, 11) is 0. The van der Waals surface area contributed by atoms with Crippen LogP contribution in [0.3, 0.4) is 0 Å². The van der Waals surface area contributed by atoms with E-state index in [0.29, 0.717) is 44.9 Å². The Labute approximate surface area is 154 Å². The zero-order valence-electron chi connectivity index (χ0n) is 16.9. The molecule has 1 atom stereocenters. The van der Waals surface area contributed by atoms with Crippen molar-refractivity contribution in [2.24, 2.45) is 10.8 Å². The molecule has 0 aliphatic rings. The van der Waals surface area contributed by atoms with Crippen molar-refractivity contribution in [2.45, 2.75) is 111 Å². The van der Waals surface area contributed by atoms with E-state index in [4.69, 9.17) is 0 Å². The molecular formula is C21H40O4. The second-order valence-corrected chi connectivity index (χ2v) is 7.69. The van der Waals surface area contributed by atoms with Gasteiger partial charge in [0.05, 0.1) is 10.8 Å². The predicted molar refractivity (Wildman–Crippen MR) is 103 cm³/mol. The Hall–Kier alpha value is -1.06. The average molecular weight is 357 g/mol. The van der Waals surface area contributed by atoms with Crippen LogP contribution < -0.4 is 0 Å². The van der Waals surface area contributed by atoms with E-state index in [1.165, 1.54) is 0 Å². The molecule has 0 spiro atoms. The number of aliphatic carboxylic acids is 2. The van der Waals surface area contributed by atoms with Crippen LogP contribution in [-0.4, -0.2) is 22.2 Å². The Morgan fingerprint density at radius 2 is 0.920 bits per heavy atom. The lowest BCUT2D eigenvalue weighted by Crippen LogP contribution is -2.34. The number of carboxylic acids is 2. The molecule has 148 valence electrons. The number of carboxylic acid groups (broad SMARTS) is 2. The van der Waals surface area contributed by atoms with E-state index in [1.807, 2.05) is 6.92 Å². The lowest BCUT2D eigenvalue weighted by molar-refractivity contribution is -0.151. The van der Waals surface area contributed by atoms with Gasteiger partial charge in [-0.25, -0.2) is 0 Å². The Kier molecular flexibility index (Phi) is 11.8. The van der Waals surface area contributed by atoms with Gasteiger partial charge in [0, 0.05) is 0 Å². The molecular weight excluding hydrogens is 316 g/mol. The SMILES string of the molecule is CCCCC(CC)(CCCC(CCCC)(CCCC)C(=O)O)C(=O)O. The topological polar surface area (TPSA) is 74.6 Å². The van der Waals surface area contributed by atoms with E-state index in [9.17, 15) is 19.8 Å². The van der Waals surface area contributed by atoms with Crippen LogP contribution in [0.15, 0.2) is 0 Å². The van der Waals surface area contributed by atoms with Gasteiger partial charge in [0.15, 0.2) is 0 Å². The second-order valence-electron chi connectivity index (χ2n) is 7.69. The molecule has 1 unspecified atom stereocenters. The van der Waals surface area contributed by atoms with Gasteiger partial charge in [0.1, 0.15) is 0 Å². The third-order valence-electron chi connectivity index (χ3n) is 5.92. The summed E-state index contributed by atoms with van der Waals surface area (Å²) >= 11 is 0. The van der Waals surface area contributed by atoms with Crippen molar-refractivity contribution in [1.29, 1.82) is 0 Å². The highest BCUT2D eigenvalue weighted by Gasteiger charge is 2.40. The molecule has 0 aromatic rings. The molecule has 0 saturated heterocycles. The van der Waals surface area contributed by atoms with Crippen molar-refractivity contribution < 1.29 is 19.8 Å². The quantitative estimate of drug-likeness (QED) is 0.341. The third-order valence-corrected chi connectivity index (χ3v) is 5.92. The van der Waals surface area contributed by atoms with Crippen LogP contribution in [0.2, 0.25) is 0 Å². The van der Waals surface area contributed by atoms with Gasteiger partial charge < -0.3 is 10.2 Å². The second kappa shape index (κ2) is 12.3. The van der Waals surface area contributed by atoms with Gasteiger partial charge in [-0.2, -0.15) is 0 Å². The largest absolute Gasteiger partial charge is 0.481 e. The molecule has 0 fully saturated rings. The lowest BCUT2D eigenvalue weighted by atomic mass is 9.71. The minimum Gasteiger partial charge on any atom is -0.481 e. The van der Waals surface area contributed by atoms with Crippen LogP contribution in [0.4, 0.5) is 0 Å². The first kappa shape index (κ1) is 23.9. The number of rotatable bonds is 16. The molecule has 0 bridgehead atoms. The molecule has 2 N–H and O–H groups in total. The number of carbonyl (C=O) groups is 2. The molecule has 0 rings (SSSR count). The maximum atomic E-state index is 12.0. The lowest BCUT2D eigenvalue weighted by Gasteiger charge is -2.33. The molecule has 0 aliphatic carbocycles. The van der Waals surface area contributed by atoms with Crippen molar-refractivity contribution in [3.8, 4) is 0 Å². The first-order chi connectivity index (χ1) is 11.8. The van der Waals surface area contributed by atoms with Gasteiger partial charge in [-0.05, 0) is 38.5 Å². The van der Waals surface area contributed by atoms with Crippen LogP contribution in [0.1, 0.15) is 111 Å². The highest BCUT2D eigenvalue weighted by atomic mass is 16.4. The molecule has 4 nitrogen and oxygen atoms in total. The summed E-state index contributed by atoms with van der Waals surface area (Å²) in [5.74, 6) is -1.41. The molecule has 0 heterocycles. The van der Waals surface area contributed by atoms with Crippen LogP contribution in [0.5, 0.6) is 0 Å². The zero-order valence-corrected chi connectivity index (χ0v) is 16.9. The standard InChI is InChI=1S/C21H40O4/c1-5-9-13-20(8-4,18(22)23)16-12-17-21(19(24)25,14-10-6-2)15-11-7-3/h5-17H2,1-4H3,(H,22,23)(H,24,25). The van der Waals surface area contributed by atoms with E-state index >= 15 is 0 Å². The molecule has 0 aliphatic heterocycles. The van der Waals surface area contributed by atoms with Gasteiger partial charge >= 0.3 is 11.9 Å². The smallest absolute Gasteiger partial charge is 0.309 e. The normalized spacial score (nSPS) is 14.2. The summed E-state index contributed by atoms with van der Waals surface area (Å²) in [5, 5.41) is 19.7. The van der Waals surface area contributed by atoms with Crippen molar-refractivity contribution in [3.63, 3.8) is 0 Å². The summed E-state index contributed by atoms with van der Waals surface area (Å²) in [5.41, 5.74) is -1.36. The molecule has 0 radical (unpaired) electrons. The molecule has 0 saturated carbocycles. The molecule has 0 aromatic carbocycles. The van der Waals surface area contributed by atoms with Crippen molar-refractivity contribution in [1.82, 2.24) is 0 Å². The predicted octanol–water partition coefficient (Wildman–Crippen LogP) is 6.28. The maximum Gasteiger partial charge on any atom is 0.309 e. The van der Waals surface area contributed by atoms with Crippen LogP contribution >= 0.6 is 0 Å².